The van der Waals surface area contributed by atoms with Gasteiger partial charge in [-0.3, -0.25) is 0 Å². The van der Waals surface area contributed by atoms with Crippen molar-refractivity contribution in [2.75, 3.05) is 7.11 Å². The zero-order valence-electron chi connectivity index (χ0n) is 14.0. The second-order valence-corrected chi connectivity index (χ2v) is 6.61. The van der Waals surface area contributed by atoms with Gasteiger partial charge in [-0.1, -0.05) is 12.2 Å². The molecular weight excluding hydrogens is 316 g/mol. The van der Waals surface area contributed by atoms with Gasteiger partial charge in [-0.05, 0) is 33.8 Å². The lowest BCUT2D eigenvalue weighted by molar-refractivity contribution is -0.134. The largest absolute Gasteiger partial charge is 0.466 e. The first-order valence-electron chi connectivity index (χ1n) is 7.09. The van der Waals surface area contributed by atoms with E-state index < -0.39 is 17.7 Å². The van der Waals surface area contributed by atoms with Gasteiger partial charge in [-0.15, -0.1) is 11.3 Å². The molecular formula is C16H22N2O4S. The van der Waals surface area contributed by atoms with E-state index in [1.807, 2.05) is 33.1 Å². The number of thiazole rings is 1. The Morgan fingerprint density at radius 1 is 1.35 bits per heavy atom. The van der Waals surface area contributed by atoms with E-state index in [-0.39, 0.29) is 6.04 Å². The van der Waals surface area contributed by atoms with Gasteiger partial charge in [0.05, 0.1) is 18.8 Å². The third-order valence-corrected chi connectivity index (χ3v) is 3.50. The predicted octanol–water partition coefficient (Wildman–Crippen LogP) is 3.47. The second kappa shape index (κ2) is 8.47. The summed E-state index contributed by atoms with van der Waals surface area (Å²) in [6, 6.07) is -0.248. The fourth-order valence-electron chi connectivity index (χ4n) is 1.48. The third-order valence-electron chi connectivity index (χ3n) is 2.45. The number of hydrogen-bond acceptors (Lipinski definition) is 6. The van der Waals surface area contributed by atoms with E-state index in [9.17, 15) is 9.59 Å². The van der Waals surface area contributed by atoms with Crippen LogP contribution in [0.1, 0.15) is 44.4 Å². The molecule has 1 heterocycles. The van der Waals surface area contributed by atoms with Crippen LogP contribution in [-0.4, -0.2) is 29.8 Å². The van der Waals surface area contributed by atoms with Gasteiger partial charge in [0, 0.05) is 11.5 Å². The van der Waals surface area contributed by atoms with E-state index >= 15 is 0 Å². The Bertz CT molecular complexity index is 599. The Hall–Kier alpha value is -2.15. The van der Waals surface area contributed by atoms with Crippen LogP contribution in [-0.2, 0) is 14.3 Å². The molecule has 6 nitrogen and oxygen atoms in total. The molecule has 0 unspecified atom stereocenters. The zero-order valence-corrected chi connectivity index (χ0v) is 14.8. The number of carbonyl (C=O) groups excluding carboxylic acids is 2. The van der Waals surface area contributed by atoms with Crippen LogP contribution in [0.3, 0.4) is 0 Å². The molecule has 0 aromatic carbocycles. The lowest BCUT2D eigenvalue weighted by Gasteiger charge is -2.21. The molecule has 126 valence electrons. The molecule has 1 aromatic rings. The van der Waals surface area contributed by atoms with Crippen LogP contribution in [0.4, 0.5) is 4.79 Å². The highest BCUT2D eigenvalue weighted by Gasteiger charge is 2.19. The first kappa shape index (κ1) is 18.9. The van der Waals surface area contributed by atoms with Crippen LogP contribution < -0.4 is 5.32 Å². The lowest BCUT2D eigenvalue weighted by atomic mass is 10.2. The van der Waals surface area contributed by atoms with Crippen molar-refractivity contribution in [3.63, 3.8) is 0 Å². The summed E-state index contributed by atoms with van der Waals surface area (Å²) in [7, 11) is 1.32. The fourth-order valence-corrected chi connectivity index (χ4v) is 2.27. The number of esters is 1. The van der Waals surface area contributed by atoms with Crippen molar-refractivity contribution >= 4 is 29.5 Å². The van der Waals surface area contributed by atoms with E-state index in [0.29, 0.717) is 0 Å². The highest BCUT2D eigenvalue weighted by Crippen LogP contribution is 2.19. The van der Waals surface area contributed by atoms with Crippen LogP contribution in [0.15, 0.2) is 23.6 Å². The first-order chi connectivity index (χ1) is 10.7. The summed E-state index contributed by atoms with van der Waals surface area (Å²) in [5.74, 6) is -0.413. The van der Waals surface area contributed by atoms with E-state index in [1.165, 1.54) is 24.5 Å². The van der Waals surface area contributed by atoms with Gasteiger partial charge in [0.2, 0.25) is 0 Å². The molecule has 0 aliphatic rings. The molecule has 1 atom stereocenters. The average Bonchev–Trinajstić information content (AvgIpc) is 2.90. The number of nitrogens with zero attached hydrogens (tertiary/aromatic N) is 1. The average molecular weight is 338 g/mol. The Balaban J connectivity index is 2.58. The van der Waals surface area contributed by atoms with Gasteiger partial charge in [-0.25, -0.2) is 14.6 Å². The number of hydrogen-bond donors (Lipinski definition) is 1. The number of rotatable bonds is 5. The molecule has 1 N–H and O–H groups in total. The highest BCUT2D eigenvalue weighted by atomic mass is 32.1. The van der Waals surface area contributed by atoms with Crippen LogP contribution in [0, 0.1) is 0 Å². The highest BCUT2D eigenvalue weighted by molar-refractivity contribution is 7.09. The summed E-state index contributed by atoms with van der Waals surface area (Å²) in [5, 5.41) is 5.38. The third kappa shape index (κ3) is 7.60. The van der Waals surface area contributed by atoms with Gasteiger partial charge in [0.15, 0.2) is 0 Å². The van der Waals surface area contributed by atoms with Crippen LogP contribution in [0.25, 0.3) is 6.08 Å². The molecule has 0 fully saturated rings. The minimum Gasteiger partial charge on any atom is -0.466 e. The molecule has 1 aromatic heterocycles. The number of methoxy groups -OCH3 is 1. The maximum atomic E-state index is 11.7. The molecule has 1 amide bonds. The number of carbonyl (C=O) groups is 2. The number of amides is 1. The number of alkyl carbamates (subject to hydrolysis) is 1. The monoisotopic (exact) mass is 338 g/mol. The maximum Gasteiger partial charge on any atom is 0.408 e. The summed E-state index contributed by atoms with van der Waals surface area (Å²) >= 11 is 1.44. The summed E-state index contributed by atoms with van der Waals surface area (Å²) in [6.07, 6.45) is 5.88. The molecule has 0 saturated carbocycles. The molecule has 7 heteroatoms. The SMILES string of the molecule is COC(=O)/C=C/C=C/c1csc([C@@H](C)NC(=O)OC(C)(C)C)n1. The second-order valence-electron chi connectivity index (χ2n) is 5.72. The fraction of sp³-hybridized carbons (Fsp3) is 0.438. The van der Waals surface area contributed by atoms with Crippen LogP contribution >= 0.6 is 11.3 Å². The number of nitrogens with one attached hydrogen (secondary N) is 1. The van der Waals surface area contributed by atoms with Crippen molar-refractivity contribution in [3.8, 4) is 0 Å². The Kier molecular flexibility index (Phi) is 6.96. The summed E-state index contributed by atoms with van der Waals surface area (Å²) < 4.78 is 9.69. The van der Waals surface area contributed by atoms with Crippen molar-refractivity contribution in [1.29, 1.82) is 0 Å². The predicted molar refractivity (Wildman–Crippen MR) is 90.1 cm³/mol. The van der Waals surface area contributed by atoms with Gasteiger partial charge in [0.25, 0.3) is 0 Å². The van der Waals surface area contributed by atoms with Crippen molar-refractivity contribution in [2.45, 2.75) is 39.3 Å². The van der Waals surface area contributed by atoms with Gasteiger partial charge in [-0.2, -0.15) is 0 Å². The summed E-state index contributed by atoms with van der Waals surface area (Å²) in [4.78, 5) is 27.0. The zero-order chi connectivity index (χ0) is 17.5. The first-order valence-corrected chi connectivity index (χ1v) is 7.97. The molecule has 0 aliphatic heterocycles. The van der Waals surface area contributed by atoms with Gasteiger partial charge in [0.1, 0.15) is 10.6 Å². The van der Waals surface area contributed by atoms with Crippen molar-refractivity contribution in [2.24, 2.45) is 0 Å². The Morgan fingerprint density at radius 2 is 2.04 bits per heavy atom. The van der Waals surface area contributed by atoms with E-state index in [1.54, 1.807) is 18.2 Å². The van der Waals surface area contributed by atoms with Crippen molar-refractivity contribution < 1.29 is 19.1 Å². The quantitative estimate of drug-likeness (QED) is 0.505. The number of aromatic nitrogens is 1. The molecule has 0 bridgehead atoms. The van der Waals surface area contributed by atoms with E-state index in [0.717, 1.165) is 10.7 Å². The summed E-state index contributed by atoms with van der Waals surface area (Å²) in [5.41, 5.74) is 0.212. The topological polar surface area (TPSA) is 77.5 Å². The minimum atomic E-state index is -0.535. The smallest absolute Gasteiger partial charge is 0.408 e. The molecule has 0 saturated heterocycles. The van der Waals surface area contributed by atoms with Crippen molar-refractivity contribution in [3.05, 3.63) is 34.3 Å². The normalized spacial score (nSPS) is 13.3. The van der Waals surface area contributed by atoms with Crippen LogP contribution in [0.2, 0.25) is 0 Å². The minimum absolute atomic E-state index is 0.248. The Morgan fingerprint density at radius 3 is 2.65 bits per heavy atom. The summed E-state index contributed by atoms with van der Waals surface area (Å²) in [6.45, 7) is 7.27. The molecule has 0 aliphatic carbocycles. The number of ether oxygens (including phenoxy) is 2. The lowest BCUT2D eigenvalue weighted by Crippen LogP contribution is -2.34. The van der Waals surface area contributed by atoms with Gasteiger partial charge < -0.3 is 14.8 Å². The van der Waals surface area contributed by atoms with Crippen molar-refractivity contribution in [1.82, 2.24) is 10.3 Å². The maximum absolute atomic E-state index is 11.7. The molecule has 1 rings (SSSR count). The Labute approximate surface area is 140 Å². The molecule has 23 heavy (non-hydrogen) atoms. The molecule has 0 spiro atoms. The standard InChI is InChI=1S/C16H22N2O4S/c1-11(17-15(20)22-16(2,3)4)14-18-12(10-23-14)8-6-7-9-13(19)21-5/h6-11H,1-5H3,(H,17,20)/b8-6+,9-7+/t11-/m1/s1. The van der Waals surface area contributed by atoms with E-state index in [2.05, 4.69) is 15.0 Å². The van der Waals surface area contributed by atoms with E-state index in [4.69, 9.17) is 4.74 Å². The number of allylic oxidation sites excluding steroid dienone is 2. The molecule has 0 radical (unpaired) electrons. The van der Waals surface area contributed by atoms with Crippen LogP contribution in [0.5, 0.6) is 0 Å². The van der Waals surface area contributed by atoms with Gasteiger partial charge >= 0.3 is 12.1 Å².